The molecule has 9 nitrogen and oxygen atoms in total. The smallest absolute Gasteiger partial charge is 0.258 e. The second-order valence-electron chi connectivity index (χ2n) is 7.60. The van der Waals surface area contributed by atoms with Crippen molar-refractivity contribution in [3.8, 4) is 11.4 Å². The highest BCUT2D eigenvalue weighted by Crippen LogP contribution is 2.20. The van der Waals surface area contributed by atoms with E-state index in [2.05, 4.69) is 43.9 Å². The molecule has 1 saturated heterocycles. The maximum Gasteiger partial charge on any atom is 0.258 e. The number of nitrogens with zero attached hydrogens (tertiary/aromatic N) is 8. The van der Waals surface area contributed by atoms with Gasteiger partial charge in [-0.25, -0.2) is 9.97 Å². The Kier molecular flexibility index (Phi) is 4.06. The summed E-state index contributed by atoms with van der Waals surface area (Å²) < 4.78 is 3.06. The SMILES string of the molecule is Cc1nc2ccc(-c3cc(=O)n4cc(N5CCN(C)[C@@H](C)C5)ccc4n3)nn2n1. The first kappa shape index (κ1) is 17.7. The minimum Gasteiger partial charge on any atom is -0.367 e. The number of fused-ring (bicyclic) bond motifs is 2. The van der Waals surface area contributed by atoms with Gasteiger partial charge in [0.15, 0.2) is 5.65 Å². The van der Waals surface area contributed by atoms with E-state index in [0.29, 0.717) is 34.5 Å². The van der Waals surface area contributed by atoms with Crippen molar-refractivity contribution < 1.29 is 0 Å². The summed E-state index contributed by atoms with van der Waals surface area (Å²) in [5, 5.41) is 8.67. The molecule has 1 aliphatic rings. The lowest BCUT2D eigenvalue weighted by atomic mass is 10.2. The normalized spacial score (nSPS) is 18.0. The first-order valence-electron chi connectivity index (χ1n) is 9.68. The summed E-state index contributed by atoms with van der Waals surface area (Å²) in [5.41, 5.74) is 3.26. The summed E-state index contributed by atoms with van der Waals surface area (Å²) in [6, 6.07) is 9.53. The van der Waals surface area contributed by atoms with Crippen LogP contribution in [0.2, 0.25) is 0 Å². The fraction of sp³-hybridized carbons (Fsp3) is 0.350. The Labute approximate surface area is 167 Å². The quantitative estimate of drug-likeness (QED) is 0.509. The van der Waals surface area contributed by atoms with Crippen LogP contribution in [0.4, 0.5) is 5.69 Å². The van der Waals surface area contributed by atoms with E-state index in [1.54, 1.807) is 4.40 Å². The Bertz CT molecular complexity index is 1280. The van der Waals surface area contributed by atoms with Crippen LogP contribution in [0.1, 0.15) is 12.7 Å². The van der Waals surface area contributed by atoms with Crippen molar-refractivity contribution >= 4 is 17.0 Å². The van der Waals surface area contributed by atoms with E-state index in [9.17, 15) is 4.79 Å². The molecule has 0 amide bonds. The molecule has 5 rings (SSSR count). The Morgan fingerprint density at radius 1 is 1.00 bits per heavy atom. The van der Waals surface area contributed by atoms with E-state index >= 15 is 0 Å². The van der Waals surface area contributed by atoms with Gasteiger partial charge in [0.05, 0.1) is 11.4 Å². The summed E-state index contributed by atoms with van der Waals surface area (Å²) in [7, 11) is 2.14. The summed E-state index contributed by atoms with van der Waals surface area (Å²) in [4.78, 5) is 26.4. The molecule has 0 unspecified atom stereocenters. The lowest BCUT2D eigenvalue weighted by Crippen LogP contribution is -2.50. The molecular formula is C20H22N8O. The first-order chi connectivity index (χ1) is 14.0. The standard InChI is InChI=1S/C20H22N8O/c1-13-11-26(9-8-25(13)3)15-4-6-18-22-17(10-20(29)27(18)12-15)16-5-7-19-21-14(2)23-28(19)24-16/h4-7,10,12-13H,8-9,11H2,1-3H3/t13-/m0/s1. The number of hydrogen-bond acceptors (Lipinski definition) is 7. The van der Waals surface area contributed by atoms with Crippen LogP contribution in [0.3, 0.4) is 0 Å². The number of aromatic nitrogens is 6. The molecule has 0 saturated carbocycles. The zero-order valence-corrected chi connectivity index (χ0v) is 16.6. The highest BCUT2D eigenvalue weighted by molar-refractivity contribution is 5.60. The third kappa shape index (κ3) is 3.13. The molecular weight excluding hydrogens is 368 g/mol. The molecule has 0 radical (unpaired) electrons. The van der Waals surface area contributed by atoms with Crippen molar-refractivity contribution in [3.63, 3.8) is 0 Å². The number of aryl methyl sites for hydroxylation is 1. The number of likely N-dealkylation sites (N-methyl/N-ethyl adjacent to an activating group) is 1. The van der Waals surface area contributed by atoms with Gasteiger partial charge >= 0.3 is 0 Å². The molecule has 5 heterocycles. The molecule has 0 aliphatic carbocycles. The van der Waals surface area contributed by atoms with Gasteiger partial charge < -0.3 is 9.80 Å². The van der Waals surface area contributed by atoms with Gasteiger partial charge in [-0.3, -0.25) is 9.20 Å². The number of rotatable bonds is 2. The molecule has 0 aromatic carbocycles. The molecule has 4 aromatic heterocycles. The van der Waals surface area contributed by atoms with Gasteiger partial charge in [0.1, 0.15) is 17.2 Å². The van der Waals surface area contributed by atoms with E-state index < -0.39 is 0 Å². The summed E-state index contributed by atoms with van der Waals surface area (Å²) in [5.74, 6) is 0.645. The molecule has 0 spiro atoms. The number of piperazine rings is 1. The van der Waals surface area contributed by atoms with Crippen LogP contribution in [-0.2, 0) is 0 Å². The summed E-state index contributed by atoms with van der Waals surface area (Å²) in [6.45, 7) is 6.90. The molecule has 1 atom stereocenters. The van der Waals surface area contributed by atoms with Gasteiger partial charge in [-0.15, -0.1) is 14.8 Å². The maximum absolute atomic E-state index is 12.8. The number of anilines is 1. The fourth-order valence-electron chi connectivity index (χ4n) is 3.72. The third-order valence-corrected chi connectivity index (χ3v) is 5.54. The predicted molar refractivity (Wildman–Crippen MR) is 110 cm³/mol. The van der Waals surface area contributed by atoms with Gasteiger partial charge in [0.2, 0.25) is 0 Å². The minimum absolute atomic E-state index is 0.134. The van der Waals surface area contributed by atoms with Crippen LogP contribution in [0.5, 0.6) is 0 Å². The highest BCUT2D eigenvalue weighted by atomic mass is 16.1. The second kappa shape index (κ2) is 6.63. The van der Waals surface area contributed by atoms with Crippen molar-refractivity contribution in [1.29, 1.82) is 0 Å². The molecule has 1 fully saturated rings. The Morgan fingerprint density at radius 3 is 2.66 bits per heavy atom. The Balaban J connectivity index is 1.53. The molecule has 0 N–H and O–H groups in total. The number of hydrogen-bond donors (Lipinski definition) is 0. The molecule has 29 heavy (non-hydrogen) atoms. The van der Waals surface area contributed by atoms with E-state index in [-0.39, 0.29) is 5.56 Å². The van der Waals surface area contributed by atoms with Crippen molar-refractivity contribution in [3.05, 3.63) is 52.7 Å². The van der Waals surface area contributed by atoms with Crippen LogP contribution in [0, 0.1) is 6.92 Å². The van der Waals surface area contributed by atoms with E-state index in [1.807, 2.05) is 37.4 Å². The largest absolute Gasteiger partial charge is 0.367 e. The fourth-order valence-corrected chi connectivity index (χ4v) is 3.72. The average Bonchev–Trinajstić information content (AvgIpc) is 3.09. The monoisotopic (exact) mass is 390 g/mol. The summed E-state index contributed by atoms with van der Waals surface area (Å²) >= 11 is 0. The van der Waals surface area contributed by atoms with Gasteiger partial charge in [-0.1, -0.05) is 0 Å². The zero-order valence-electron chi connectivity index (χ0n) is 16.6. The average molecular weight is 390 g/mol. The molecule has 0 bridgehead atoms. The topological polar surface area (TPSA) is 83.9 Å². The van der Waals surface area contributed by atoms with Gasteiger partial charge in [-0.05, 0) is 45.2 Å². The molecule has 4 aromatic rings. The Hall–Kier alpha value is -3.33. The lowest BCUT2D eigenvalue weighted by molar-refractivity contribution is 0.234. The van der Waals surface area contributed by atoms with Gasteiger partial charge in [0, 0.05) is 37.9 Å². The molecule has 9 heteroatoms. The van der Waals surface area contributed by atoms with E-state index in [4.69, 9.17) is 0 Å². The highest BCUT2D eigenvalue weighted by Gasteiger charge is 2.21. The van der Waals surface area contributed by atoms with Crippen LogP contribution >= 0.6 is 0 Å². The number of pyridine rings is 1. The third-order valence-electron chi connectivity index (χ3n) is 5.54. The maximum atomic E-state index is 12.8. The van der Waals surface area contributed by atoms with Gasteiger partial charge in [0.25, 0.3) is 5.56 Å². The van der Waals surface area contributed by atoms with Crippen molar-refractivity contribution in [2.75, 3.05) is 31.6 Å². The summed E-state index contributed by atoms with van der Waals surface area (Å²) in [6.07, 6.45) is 1.88. The van der Waals surface area contributed by atoms with Crippen molar-refractivity contribution in [2.24, 2.45) is 0 Å². The van der Waals surface area contributed by atoms with E-state index in [1.165, 1.54) is 10.7 Å². The van der Waals surface area contributed by atoms with Gasteiger partial charge in [-0.2, -0.15) is 0 Å². The van der Waals surface area contributed by atoms with Crippen LogP contribution < -0.4 is 10.5 Å². The molecule has 1 aliphatic heterocycles. The van der Waals surface area contributed by atoms with E-state index in [0.717, 1.165) is 25.3 Å². The van der Waals surface area contributed by atoms with Crippen molar-refractivity contribution in [2.45, 2.75) is 19.9 Å². The van der Waals surface area contributed by atoms with Crippen molar-refractivity contribution in [1.82, 2.24) is 34.1 Å². The van der Waals surface area contributed by atoms with Crippen LogP contribution in [0.25, 0.3) is 22.7 Å². The predicted octanol–water partition coefficient (Wildman–Crippen LogP) is 1.25. The Morgan fingerprint density at radius 2 is 1.83 bits per heavy atom. The van der Waals surface area contributed by atoms with Crippen LogP contribution in [0.15, 0.2) is 41.3 Å². The zero-order chi connectivity index (χ0) is 20.1. The molecule has 148 valence electrons. The minimum atomic E-state index is -0.134. The first-order valence-corrected chi connectivity index (χ1v) is 9.68. The second-order valence-corrected chi connectivity index (χ2v) is 7.60. The van der Waals surface area contributed by atoms with Crippen LogP contribution in [-0.4, -0.2) is 66.8 Å². The lowest BCUT2D eigenvalue weighted by Gasteiger charge is -2.39.